The third-order valence-electron chi connectivity index (χ3n) is 6.32. The van der Waals surface area contributed by atoms with Crippen LogP contribution in [0, 0.1) is 6.92 Å². The van der Waals surface area contributed by atoms with E-state index in [-0.39, 0.29) is 24.4 Å². The van der Waals surface area contributed by atoms with Crippen LogP contribution in [0.2, 0.25) is 0 Å². The molecule has 1 aliphatic heterocycles. The maximum Gasteiger partial charge on any atom is 0.242 e. The van der Waals surface area contributed by atoms with E-state index in [1.54, 1.807) is 16.2 Å². The normalized spacial score (nSPS) is 15.2. The van der Waals surface area contributed by atoms with Gasteiger partial charge in [-0.15, -0.1) is 11.3 Å². The SMILES string of the molecule is CCCN(CC(=O)N1CCc2sccc2C1c1ccc(C)cc1)C(=O)CCc1ccccc1. The summed E-state index contributed by atoms with van der Waals surface area (Å²) in [5.41, 5.74) is 4.71. The number of benzene rings is 2. The Labute approximate surface area is 200 Å². The van der Waals surface area contributed by atoms with E-state index in [1.165, 1.54) is 16.0 Å². The van der Waals surface area contributed by atoms with Crippen LogP contribution in [-0.2, 0) is 22.4 Å². The van der Waals surface area contributed by atoms with Gasteiger partial charge in [0.2, 0.25) is 11.8 Å². The van der Waals surface area contributed by atoms with E-state index < -0.39 is 0 Å². The molecule has 0 spiro atoms. The Morgan fingerprint density at radius 2 is 1.82 bits per heavy atom. The van der Waals surface area contributed by atoms with Crippen LogP contribution in [0.4, 0.5) is 0 Å². The molecule has 0 aliphatic carbocycles. The van der Waals surface area contributed by atoms with Gasteiger partial charge >= 0.3 is 0 Å². The third kappa shape index (κ3) is 5.53. The highest BCUT2D eigenvalue weighted by atomic mass is 32.1. The van der Waals surface area contributed by atoms with Crippen molar-refractivity contribution in [3.05, 3.63) is 93.2 Å². The van der Waals surface area contributed by atoms with Crippen molar-refractivity contribution in [3.8, 4) is 0 Å². The molecule has 2 heterocycles. The summed E-state index contributed by atoms with van der Waals surface area (Å²) in [5.74, 6) is 0.0770. The van der Waals surface area contributed by atoms with Crippen molar-refractivity contribution in [2.45, 2.75) is 45.6 Å². The van der Waals surface area contributed by atoms with Gasteiger partial charge in [0, 0.05) is 24.4 Å². The summed E-state index contributed by atoms with van der Waals surface area (Å²) in [6.45, 7) is 5.56. The molecule has 1 atom stereocenters. The summed E-state index contributed by atoms with van der Waals surface area (Å²) in [4.78, 5) is 31.7. The van der Waals surface area contributed by atoms with Gasteiger partial charge in [-0.05, 0) is 54.3 Å². The van der Waals surface area contributed by atoms with Gasteiger partial charge in [-0.1, -0.05) is 67.1 Å². The van der Waals surface area contributed by atoms with Gasteiger partial charge in [0.25, 0.3) is 0 Å². The van der Waals surface area contributed by atoms with Gasteiger partial charge < -0.3 is 9.80 Å². The number of amides is 2. The van der Waals surface area contributed by atoms with Crippen LogP contribution in [0.15, 0.2) is 66.0 Å². The summed E-state index contributed by atoms with van der Waals surface area (Å²) in [7, 11) is 0. The van der Waals surface area contributed by atoms with E-state index in [0.29, 0.717) is 25.9 Å². The van der Waals surface area contributed by atoms with E-state index in [1.807, 2.05) is 35.2 Å². The van der Waals surface area contributed by atoms with Crippen LogP contribution in [-0.4, -0.2) is 41.2 Å². The number of rotatable bonds is 8. The number of hydrogen-bond donors (Lipinski definition) is 0. The standard InChI is InChI=1S/C28H32N2O2S/c1-3-17-29(26(31)14-11-22-7-5-4-6-8-22)20-27(32)30-18-15-25-24(16-19-33-25)28(30)23-12-9-21(2)10-13-23/h4-10,12-13,16,19,28H,3,11,14-15,17-18,20H2,1-2H3. The molecule has 2 amide bonds. The Bertz CT molecular complexity index is 1070. The lowest BCUT2D eigenvalue weighted by atomic mass is 9.92. The highest BCUT2D eigenvalue weighted by Crippen LogP contribution is 2.38. The molecule has 33 heavy (non-hydrogen) atoms. The molecule has 5 heteroatoms. The van der Waals surface area contributed by atoms with Gasteiger partial charge in [0.15, 0.2) is 0 Å². The summed E-state index contributed by atoms with van der Waals surface area (Å²) in [6, 6.07) is 20.6. The van der Waals surface area contributed by atoms with Crippen LogP contribution in [0.1, 0.15) is 52.9 Å². The van der Waals surface area contributed by atoms with Gasteiger partial charge in [0.1, 0.15) is 0 Å². The first-order valence-corrected chi connectivity index (χ1v) is 12.7. The minimum Gasteiger partial charge on any atom is -0.333 e. The Morgan fingerprint density at radius 3 is 2.55 bits per heavy atom. The molecule has 1 unspecified atom stereocenters. The molecule has 3 aromatic rings. The lowest BCUT2D eigenvalue weighted by molar-refractivity contribution is -0.141. The number of fused-ring (bicyclic) bond motifs is 1. The van der Waals surface area contributed by atoms with Crippen LogP contribution in [0.5, 0.6) is 0 Å². The third-order valence-corrected chi connectivity index (χ3v) is 7.32. The maximum absolute atomic E-state index is 13.6. The number of carbonyl (C=O) groups is 2. The van der Waals surface area contributed by atoms with Gasteiger partial charge in [0.05, 0.1) is 12.6 Å². The molecule has 0 saturated carbocycles. The van der Waals surface area contributed by atoms with E-state index in [0.717, 1.165) is 24.0 Å². The number of thiophene rings is 1. The highest BCUT2D eigenvalue weighted by Gasteiger charge is 2.33. The zero-order chi connectivity index (χ0) is 23.2. The minimum absolute atomic E-state index is 0.0268. The summed E-state index contributed by atoms with van der Waals surface area (Å²) < 4.78 is 0. The van der Waals surface area contributed by atoms with Crippen molar-refractivity contribution < 1.29 is 9.59 Å². The number of carbonyl (C=O) groups excluding carboxylic acids is 2. The quantitative estimate of drug-likeness (QED) is 0.451. The molecule has 4 nitrogen and oxygen atoms in total. The molecule has 0 fully saturated rings. The van der Waals surface area contributed by atoms with Gasteiger partial charge in [-0.25, -0.2) is 0 Å². The van der Waals surface area contributed by atoms with Crippen molar-refractivity contribution in [1.82, 2.24) is 9.80 Å². The smallest absolute Gasteiger partial charge is 0.242 e. The van der Waals surface area contributed by atoms with E-state index in [2.05, 4.69) is 49.6 Å². The zero-order valence-corrected chi connectivity index (χ0v) is 20.3. The first-order valence-electron chi connectivity index (χ1n) is 11.8. The van der Waals surface area contributed by atoms with Crippen molar-refractivity contribution in [2.75, 3.05) is 19.6 Å². The van der Waals surface area contributed by atoms with Crippen molar-refractivity contribution in [1.29, 1.82) is 0 Å². The first-order chi connectivity index (χ1) is 16.1. The lowest BCUT2D eigenvalue weighted by Crippen LogP contribution is -2.47. The van der Waals surface area contributed by atoms with Crippen LogP contribution in [0.25, 0.3) is 0 Å². The second kappa shape index (κ2) is 10.8. The fourth-order valence-electron chi connectivity index (χ4n) is 4.56. The Balaban J connectivity index is 1.50. The lowest BCUT2D eigenvalue weighted by Gasteiger charge is -2.37. The van der Waals surface area contributed by atoms with Gasteiger partial charge in [-0.2, -0.15) is 0 Å². The summed E-state index contributed by atoms with van der Waals surface area (Å²) in [5, 5.41) is 2.12. The van der Waals surface area contributed by atoms with Crippen LogP contribution in [0.3, 0.4) is 0 Å². The largest absolute Gasteiger partial charge is 0.333 e. The average Bonchev–Trinajstić information content (AvgIpc) is 3.32. The minimum atomic E-state index is -0.0870. The Hall–Kier alpha value is -2.92. The van der Waals surface area contributed by atoms with Crippen molar-refractivity contribution >= 4 is 23.2 Å². The predicted molar refractivity (Wildman–Crippen MR) is 134 cm³/mol. The molecule has 0 radical (unpaired) electrons. The number of hydrogen-bond acceptors (Lipinski definition) is 3. The molecule has 1 aromatic heterocycles. The number of aryl methyl sites for hydroxylation is 2. The molecule has 0 saturated heterocycles. The maximum atomic E-state index is 13.6. The first kappa shape index (κ1) is 23.2. The predicted octanol–water partition coefficient (Wildman–Crippen LogP) is 5.40. The van der Waals surface area contributed by atoms with Gasteiger partial charge in [-0.3, -0.25) is 9.59 Å². The number of nitrogens with zero attached hydrogens (tertiary/aromatic N) is 2. The molecule has 2 aromatic carbocycles. The topological polar surface area (TPSA) is 40.6 Å². The molecule has 4 rings (SSSR count). The van der Waals surface area contributed by atoms with Crippen LogP contribution >= 0.6 is 11.3 Å². The van der Waals surface area contributed by atoms with E-state index >= 15 is 0 Å². The van der Waals surface area contributed by atoms with Crippen molar-refractivity contribution in [3.63, 3.8) is 0 Å². The second-order valence-electron chi connectivity index (χ2n) is 8.75. The average molecular weight is 461 g/mol. The second-order valence-corrected chi connectivity index (χ2v) is 9.75. The van der Waals surface area contributed by atoms with Crippen molar-refractivity contribution in [2.24, 2.45) is 0 Å². The Morgan fingerprint density at radius 1 is 1.06 bits per heavy atom. The zero-order valence-electron chi connectivity index (χ0n) is 19.5. The molecule has 1 aliphatic rings. The molecular formula is C28H32N2O2S. The fourth-order valence-corrected chi connectivity index (χ4v) is 5.47. The summed E-state index contributed by atoms with van der Waals surface area (Å²) in [6.07, 6.45) is 2.83. The van der Waals surface area contributed by atoms with Crippen LogP contribution < -0.4 is 0 Å². The molecule has 172 valence electrons. The Kier molecular flexibility index (Phi) is 7.61. The van der Waals surface area contributed by atoms with E-state index in [9.17, 15) is 9.59 Å². The summed E-state index contributed by atoms with van der Waals surface area (Å²) >= 11 is 1.77. The monoisotopic (exact) mass is 460 g/mol. The van der Waals surface area contributed by atoms with E-state index in [4.69, 9.17) is 0 Å². The molecular weight excluding hydrogens is 428 g/mol. The molecule has 0 N–H and O–H groups in total. The fraction of sp³-hybridized carbons (Fsp3) is 0.357. The highest BCUT2D eigenvalue weighted by molar-refractivity contribution is 7.10. The molecule has 0 bridgehead atoms.